The minimum Gasteiger partial charge on any atom is -0.444 e. The van der Waals surface area contributed by atoms with Gasteiger partial charge in [0, 0.05) is 17.5 Å². The molecule has 1 aromatic carbocycles. The summed E-state index contributed by atoms with van der Waals surface area (Å²) in [6, 6.07) is 9.29. The molecule has 0 aliphatic carbocycles. The van der Waals surface area contributed by atoms with E-state index in [2.05, 4.69) is 15.6 Å². The highest BCUT2D eigenvalue weighted by molar-refractivity contribution is 5.73. The molecule has 0 fully saturated rings. The highest BCUT2D eigenvalue weighted by atomic mass is 16.3. The van der Waals surface area contributed by atoms with Crippen LogP contribution in [0, 0.1) is 11.3 Å². The van der Waals surface area contributed by atoms with Crippen molar-refractivity contribution in [1.82, 2.24) is 15.6 Å². The van der Waals surface area contributed by atoms with E-state index in [1.54, 1.807) is 0 Å². The summed E-state index contributed by atoms with van der Waals surface area (Å²) in [5, 5.41) is 15.7. The molecule has 0 saturated carbocycles. The first kappa shape index (κ1) is 19.0. The Morgan fingerprint density at radius 1 is 1.24 bits per heavy atom. The zero-order chi connectivity index (χ0) is 18.4. The average Bonchev–Trinajstić information content (AvgIpc) is 3.07. The molecule has 2 rings (SSSR count). The summed E-state index contributed by atoms with van der Waals surface area (Å²) in [7, 11) is 0. The zero-order valence-electron chi connectivity index (χ0n) is 15.2. The third kappa shape index (κ3) is 5.32. The molecular weight excluding hydrogens is 318 g/mol. The molecule has 2 amide bonds. The number of oxazole rings is 1. The molecule has 1 aromatic heterocycles. The monoisotopic (exact) mass is 345 g/mol. The van der Waals surface area contributed by atoms with Crippen LogP contribution in [0.3, 0.4) is 0 Å². The van der Waals surface area contributed by atoms with Crippen LogP contribution >= 0.6 is 0 Å². The van der Waals surface area contributed by atoms with Crippen molar-refractivity contribution in [3.63, 3.8) is 0 Å². The number of urea groups is 1. The second-order valence-corrected chi connectivity index (χ2v) is 7.22. The molecule has 6 nitrogen and oxygen atoms in total. The number of carbonyl (C=O) groups excluding carboxylic acids is 1. The van der Waals surface area contributed by atoms with Crippen LogP contribution in [-0.2, 0) is 6.54 Å². The van der Waals surface area contributed by atoms with Crippen LogP contribution in [0.2, 0.25) is 0 Å². The molecule has 0 saturated heterocycles. The average molecular weight is 345 g/mol. The van der Waals surface area contributed by atoms with Gasteiger partial charge in [-0.3, -0.25) is 0 Å². The van der Waals surface area contributed by atoms with E-state index in [1.165, 1.54) is 6.26 Å². The minimum atomic E-state index is -0.489. The molecule has 1 heterocycles. The summed E-state index contributed by atoms with van der Waals surface area (Å²) in [6.07, 6.45) is 1.05. The van der Waals surface area contributed by atoms with Crippen LogP contribution in [0.1, 0.15) is 33.4 Å². The molecule has 3 N–H and O–H groups in total. The van der Waals surface area contributed by atoms with E-state index < -0.39 is 11.5 Å². The van der Waals surface area contributed by atoms with Crippen LogP contribution in [0.15, 0.2) is 41.0 Å². The van der Waals surface area contributed by atoms with Crippen molar-refractivity contribution in [2.24, 2.45) is 11.3 Å². The van der Waals surface area contributed by atoms with Crippen LogP contribution in [0.4, 0.5) is 4.79 Å². The molecule has 0 unspecified atom stereocenters. The van der Waals surface area contributed by atoms with Gasteiger partial charge in [-0.2, -0.15) is 0 Å². The largest absolute Gasteiger partial charge is 0.444 e. The Morgan fingerprint density at radius 3 is 2.56 bits per heavy atom. The van der Waals surface area contributed by atoms with Gasteiger partial charge in [-0.15, -0.1) is 0 Å². The first-order valence-corrected chi connectivity index (χ1v) is 8.49. The summed E-state index contributed by atoms with van der Waals surface area (Å²) in [4.78, 5) is 16.3. The van der Waals surface area contributed by atoms with Gasteiger partial charge in [-0.25, -0.2) is 9.78 Å². The highest BCUT2D eigenvalue weighted by Crippen LogP contribution is 2.25. The Kier molecular flexibility index (Phi) is 6.20. The van der Waals surface area contributed by atoms with E-state index in [1.807, 2.05) is 58.0 Å². The van der Waals surface area contributed by atoms with Crippen molar-refractivity contribution in [2.75, 3.05) is 6.54 Å². The number of aliphatic hydroxyl groups excluding tert-OH is 1. The number of aliphatic hydroxyl groups is 1. The van der Waals surface area contributed by atoms with Gasteiger partial charge in [0.25, 0.3) is 0 Å². The molecular formula is C19H27N3O3. The Balaban J connectivity index is 1.82. The number of hydrogen-bond acceptors (Lipinski definition) is 4. The molecule has 1 atom stereocenters. The fourth-order valence-electron chi connectivity index (χ4n) is 2.65. The SMILES string of the molecule is CC(C)[C@@H](O)C(C)(C)CNC(=O)NCc1coc(-c2ccccc2)n1. The van der Waals surface area contributed by atoms with Crippen LogP contribution in [-0.4, -0.2) is 28.8 Å². The molecule has 6 heteroatoms. The van der Waals surface area contributed by atoms with Gasteiger partial charge in [0.1, 0.15) is 6.26 Å². The molecule has 0 radical (unpaired) electrons. The van der Waals surface area contributed by atoms with E-state index in [0.29, 0.717) is 18.1 Å². The normalized spacial score (nSPS) is 12.9. The standard InChI is InChI=1S/C19H27N3O3/c1-13(2)16(23)19(3,4)12-21-18(24)20-10-15-11-25-17(22-15)14-8-6-5-7-9-14/h5-9,11,13,16,23H,10,12H2,1-4H3,(H2,20,21,24)/t16-/m1/s1. The van der Waals surface area contributed by atoms with Crippen molar-refractivity contribution in [1.29, 1.82) is 0 Å². The fraction of sp³-hybridized carbons (Fsp3) is 0.474. The molecule has 0 aliphatic rings. The van der Waals surface area contributed by atoms with Crippen molar-refractivity contribution >= 4 is 6.03 Å². The predicted octanol–water partition coefficient (Wildman–Crippen LogP) is 3.18. The number of nitrogens with zero attached hydrogens (tertiary/aromatic N) is 1. The quantitative estimate of drug-likeness (QED) is 0.719. The van der Waals surface area contributed by atoms with E-state index in [0.717, 1.165) is 5.56 Å². The molecule has 2 aromatic rings. The molecule has 136 valence electrons. The number of aromatic nitrogens is 1. The van der Waals surface area contributed by atoms with Gasteiger partial charge in [0.15, 0.2) is 0 Å². The van der Waals surface area contributed by atoms with Crippen molar-refractivity contribution in [3.05, 3.63) is 42.3 Å². The first-order valence-electron chi connectivity index (χ1n) is 8.49. The van der Waals surface area contributed by atoms with Crippen molar-refractivity contribution in [3.8, 4) is 11.5 Å². The lowest BCUT2D eigenvalue weighted by atomic mass is 9.81. The van der Waals surface area contributed by atoms with E-state index in [9.17, 15) is 9.90 Å². The summed E-state index contributed by atoms with van der Waals surface area (Å²) in [5.74, 6) is 0.658. The van der Waals surface area contributed by atoms with Crippen LogP contribution in [0.25, 0.3) is 11.5 Å². The van der Waals surface area contributed by atoms with Crippen LogP contribution < -0.4 is 10.6 Å². The molecule has 25 heavy (non-hydrogen) atoms. The Labute approximate surface area is 148 Å². The lowest BCUT2D eigenvalue weighted by Crippen LogP contribution is -2.46. The van der Waals surface area contributed by atoms with Gasteiger partial charge >= 0.3 is 6.03 Å². The Hall–Kier alpha value is -2.34. The summed E-state index contributed by atoms with van der Waals surface area (Å²) in [6.45, 7) is 8.44. The number of hydrogen-bond donors (Lipinski definition) is 3. The first-order chi connectivity index (χ1) is 11.8. The molecule has 0 aliphatic heterocycles. The maximum absolute atomic E-state index is 12.0. The van der Waals surface area contributed by atoms with Gasteiger partial charge < -0.3 is 20.2 Å². The molecule has 0 spiro atoms. The second-order valence-electron chi connectivity index (χ2n) is 7.22. The van der Waals surface area contributed by atoms with Gasteiger partial charge in [0.05, 0.1) is 18.3 Å². The topological polar surface area (TPSA) is 87.4 Å². The Bertz CT molecular complexity index is 680. The van der Waals surface area contributed by atoms with Gasteiger partial charge in [-0.05, 0) is 18.1 Å². The third-order valence-electron chi connectivity index (χ3n) is 4.14. The Morgan fingerprint density at radius 2 is 1.92 bits per heavy atom. The van der Waals surface area contributed by atoms with Crippen LogP contribution in [0.5, 0.6) is 0 Å². The lowest BCUT2D eigenvalue weighted by molar-refractivity contribution is 0.0151. The minimum absolute atomic E-state index is 0.131. The maximum Gasteiger partial charge on any atom is 0.315 e. The van der Waals surface area contributed by atoms with E-state index in [4.69, 9.17) is 4.42 Å². The summed E-state index contributed by atoms with van der Waals surface area (Å²) in [5.41, 5.74) is 1.14. The van der Waals surface area contributed by atoms with Crippen molar-refractivity contribution in [2.45, 2.75) is 40.3 Å². The highest BCUT2D eigenvalue weighted by Gasteiger charge is 2.30. The zero-order valence-corrected chi connectivity index (χ0v) is 15.2. The summed E-state index contributed by atoms with van der Waals surface area (Å²) < 4.78 is 5.44. The number of benzene rings is 1. The number of carbonyl (C=O) groups is 1. The maximum atomic E-state index is 12.0. The van der Waals surface area contributed by atoms with Crippen molar-refractivity contribution < 1.29 is 14.3 Å². The fourth-order valence-corrected chi connectivity index (χ4v) is 2.65. The van der Waals surface area contributed by atoms with Gasteiger partial charge in [0.2, 0.25) is 5.89 Å². The number of rotatable bonds is 7. The number of nitrogens with one attached hydrogen (secondary N) is 2. The van der Waals surface area contributed by atoms with E-state index >= 15 is 0 Å². The number of amides is 2. The van der Waals surface area contributed by atoms with Gasteiger partial charge in [-0.1, -0.05) is 45.9 Å². The predicted molar refractivity (Wildman–Crippen MR) is 96.8 cm³/mol. The summed E-state index contributed by atoms with van der Waals surface area (Å²) >= 11 is 0. The van der Waals surface area contributed by atoms with E-state index in [-0.39, 0.29) is 18.5 Å². The lowest BCUT2D eigenvalue weighted by Gasteiger charge is -2.33. The third-order valence-corrected chi connectivity index (χ3v) is 4.14. The smallest absolute Gasteiger partial charge is 0.315 e. The second kappa shape index (κ2) is 8.16. The molecule has 0 bridgehead atoms.